The Morgan fingerprint density at radius 1 is 1.00 bits per heavy atom. The minimum Gasteiger partial charge on any atom is -0.507 e. The molecule has 0 aliphatic rings. The average molecular weight is 278 g/mol. The van der Waals surface area contributed by atoms with Crippen molar-refractivity contribution < 1.29 is 9.90 Å². The Labute approximate surface area is 117 Å². The number of carbonyl (C=O) groups excluding carboxylic acids is 1. The molecule has 2 nitrogen and oxygen atoms in total. The predicted molar refractivity (Wildman–Crippen MR) is 84.2 cm³/mol. The summed E-state index contributed by atoms with van der Waals surface area (Å²) in [5.41, 5.74) is 1.96. The van der Waals surface area contributed by atoms with Gasteiger partial charge in [-0.1, -0.05) is 53.7 Å². The van der Waals surface area contributed by atoms with E-state index < -0.39 is 8.07 Å². The maximum Gasteiger partial charge on any atom is 0.153 e. The van der Waals surface area contributed by atoms with Crippen molar-refractivity contribution >= 4 is 19.5 Å². The van der Waals surface area contributed by atoms with Gasteiger partial charge in [-0.25, -0.2) is 0 Å². The van der Waals surface area contributed by atoms with E-state index in [0.717, 1.165) is 11.5 Å². The Morgan fingerprint density at radius 3 is 1.84 bits per heavy atom. The molecule has 0 atom stereocenters. The molecular weight excluding hydrogens is 252 g/mol. The molecule has 19 heavy (non-hydrogen) atoms. The first-order chi connectivity index (χ1) is 8.79. The fraction of sp³-hybridized carbons (Fsp3) is 0.562. The van der Waals surface area contributed by atoms with Crippen molar-refractivity contribution in [1.29, 1.82) is 0 Å². The van der Waals surface area contributed by atoms with E-state index in [9.17, 15) is 9.90 Å². The second-order valence-electron chi connectivity index (χ2n) is 6.26. The highest BCUT2D eigenvalue weighted by Crippen LogP contribution is 2.42. The first kappa shape index (κ1) is 16.0. The number of hydrogen-bond acceptors (Lipinski definition) is 2. The van der Waals surface area contributed by atoms with Crippen LogP contribution in [0.5, 0.6) is 5.75 Å². The van der Waals surface area contributed by atoms with E-state index in [1.807, 2.05) is 12.1 Å². The minimum atomic E-state index is -1.90. The molecule has 0 unspecified atom stereocenters. The third-order valence-electron chi connectivity index (χ3n) is 4.53. The van der Waals surface area contributed by atoms with Crippen LogP contribution < -0.4 is 5.19 Å². The van der Waals surface area contributed by atoms with Gasteiger partial charge < -0.3 is 5.11 Å². The van der Waals surface area contributed by atoms with Crippen molar-refractivity contribution in [2.24, 2.45) is 0 Å². The van der Waals surface area contributed by atoms with Crippen LogP contribution in [-0.2, 0) is 0 Å². The number of rotatable bonds is 5. The van der Waals surface area contributed by atoms with Gasteiger partial charge in [0.1, 0.15) is 5.75 Å². The first-order valence-corrected chi connectivity index (χ1v) is 9.30. The molecule has 0 spiro atoms. The summed E-state index contributed by atoms with van der Waals surface area (Å²) in [7, 11) is -1.90. The van der Waals surface area contributed by atoms with Crippen LogP contribution in [-0.4, -0.2) is 19.5 Å². The summed E-state index contributed by atoms with van der Waals surface area (Å²) in [6.45, 7) is 13.5. The van der Waals surface area contributed by atoms with Gasteiger partial charge in [-0.2, -0.15) is 0 Å². The summed E-state index contributed by atoms with van der Waals surface area (Å²) in [5, 5.41) is 11.5. The van der Waals surface area contributed by atoms with Gasteiger partial charge in [-0.3, -0.25) is 4.79 Å². The molecule has 0 radical (unpaired) electrons. The van der Waals surface area contributed by atoms with Crippen molar-refractivity contribution in [2.45, 2.75) is 58.2 Å². The van der Waals surface area contributed by atoms with Crippen LogP contribution in [0.25, 0.3) is 0 Å². The Balaban J connectivity index is 3.63. The van der Waals surface area contributed by atoms with E-state index in [2.05, 4.69) is 41.5 Å². The van der Waals surface area contributed by atoms with E-state index in [1.165, 1.54) is 0 Å². The van der Waals surface area contributed by atoms with E-state index in [1.54, 1.807) is 6.07 Å². The van der Waals surface area contributed by atoms with Gasteiger partial charge in [0.25, 0.3) is 0 Å². The number of carbonyl (C=O) groups is 1. The molecule has 0 aromatic heterocycles. The maximum atomic E-state index is 11.1. The number of benzene rings is 1. The normalized spacial score (nSPS) is 12.5. The third-order valence-corrected chi connectivity index (χ3v) is 11.6. The molecule has 0 heterocycles. The van der Waals surface area contributed by atoms with E-state index >= 15 is 0 Å². The molecule has 0 aliphatic carbocycles. The van der Waals surface area contributed by atoms with Crippen molar-refractivity contribution in [2.75, 3.05) is 0 Å². The van der Waals surface area contributed by atoms with Gasteiger partial charge in [0.2, 0.25) is 0 Å². The van der Waals surface area contributed by atoms with E-state index in [-0.39, 0.29) is 5.75 Å². The molecule has 1 rings (SSSR count). The second kappa shape index (κ2) is 5.91. The van der Waals surface area contributed by atoms with Crippen molar-refractivity contribution in [3.05, 3.63) is 23.8 Å². The molecule has 1 N–H and O–H groups in total. The highest BCUT2D eigenvalue weighted by molar-refractivity contribution is 6.95. The van der Waals surface area contributed by atoms with Gasteiger partial charge >= 0.3 is 0 Å². The van der Waals surface area contributed by atoms with Gasteiger partial charge in [0.05, 0.1) is 13.6 Å². The molecule has 0 amide bonds. The van der Waals surface area contributed by atoms with E-state index in [4.69, 9.17) is 0 Å². The molecule has 3 heteroatoms. The summed E-state index contributed by atoms with van der Waals surface area (Å²) >= 11 is 0. The molecular formula is C16H26O2Si. The number of para-hydroxylation sites is 1. The standard InChI is InChI=1S/C16H26O2Si/c1-11(2)19(12(3)4,13(5)6)15-9-7-8-14(10-17)16(15)18/h7-13,18H,1-6H3. The van der Waals surface area contributed by atoms with Crippen LogP contribution in [0.15, 0.2) is 18.2 Å². The summed E-state index contributed by atoms with van der Waals surface area (Å²) < 4.78 is 0. The Kier molecular flexibility index (Phi) is 4.96. The number of aromatic hydroxyl groups is 1. The lowest BCUT2D eigenvalue weighted by Crippen LogP contribution is -2.55. The fourth-order valence-electron chi connectivity index (χ4n) is 3.94. The summed E-state index contributed by atoms with van der Waals surface area (Å²) in [6, 6.07) is 5.61. The highest BCUT2D eigenvalue weighted by atomic mass is 28.3. The molecule has 0 saturated heterocycles. The summed E-state index contributed by atoms with van der Waals surface area (Å²) in [5.74, 6) is 0.209. The van der Waals surface area contributed by atoms with Gasteiger partial charge in [0.15, 0.2) is 6.29 Å². The number of hydrogen-bond donors (Lipinski definition) is 1. The minimum absolute atomic E-state index is 0.209. The lowest BCUT2D eigenvalue weighted by molar-refractivity contribution is 0.112. The van der Waals surface area contributed by atoms with Crippen LogP contribution in [0, 0.1) is 0 Å². The topological polar surface area (TPSA) is 37.3 Å². The van der Waals surface area contributed by atoms with Crippen molar-refractivity contribution in [1.82, 2.24) is 0 Å². The Morgan fingerprint density at radius 2 is 1.47 bits per heavy atom. The number of aldehydes is 1. The molecule has 0 aliphatic heterocycles. The lowest BCUT2D eigenvalue weighted by atomic mass is 10.2. The SMILES string of the molecule is CC(C)[Si](c1cccc(C=O)c1O)(C(C)C)C(C)C. The number of phenols is 1. The van der Waals surface area contributed by atoms with Crippen LogP contribution >= 0.6 is 0 Å². The molecule has 0 saturated carbocycles. The number of phenolic OH excluding ortho intramolecular Hbond substituents is 1. The van der Waals surface area contributed by atoms with E-state index in [0.29, 0.717) is 22.2 Å². The Hall–Kier alpha value is -1.09. The van der Waals surface area contributed by atoms with Crippen LogP contribution in [0.1, 0.15) is 51.9 Å². The Bertz CT molecular complexity index is 428. The predicted octanol–water partition coefficient (Wildman–Crippen LogP) is 4.09. The molecule has 0 fully saturated rings. The monoisotopic (exact) mass is 278 g/mol. The van der Waals surface area contributed by atoms with Crippen LogP contribution in [0.4, 0.5) is 0 Å². The van der Waals surface area contributed by atoms with Gasteiger partial charge in [-0.05, 0) is 27.9 Å². The quantitative estimate of drug-likeness (QED) is 0.650. The van der Waals surface area contributed by atoms with Crippen LogP contribution in [0.3, 0.4) is 0 Å². The second-order valence-corrected chi connectivity index (χ2v) is 12.1. The molecule has 1 aromatic carbocycles. The van der Waals surface area contributed by atoms with Crippen molar-refractivity contribution in [3.63, 3.8) is 0 Å². The molecule has 106 valence electrons. The third kappa shape index (κ3) is 2.48. The molecule has 1 aromatic rings. The fourth-order valence-corrected chi connectivity index (χ4v) is 10.7. The largest absolute Gasteiger partial charge is 0.507 e. The zero-order valence-corrected chi connectivity index (χ0v) is 13.9. The highest BCUT2D eigenvalue weighted by Gasteiger charge is 2.46. The van der Waals surface area contributed by atoms with Crippen molar-refractivity contribution in [3.8, 4) is 5.75 Å². The lowest BCUT2D eigenvalue weighted by Gasteiger charge is -2.44. The van der Waals surface area contributed by atoms with Gasteiger partial charge in [0, 0.05) is 0 Å². The summed E-state index contributed by atoms with van der Waals surface area (Å²) in [6.07, 6.45) is 0.749. The van der Waals surface area contributed by atoms with Crippen LogP contribution in [0.2, 0.25) is 16.6 Å². The smallest absolute Gasteiger partial charge is 0.153 e. The molecule has 0 bridgehead atoms. The zero-order valence-electron chi connectivity index (χ0n) is 12.9. The van der Waals surface area contributed by atoms with Gasteiger partial charge in [-0.15, -0.1) is 0 Å². The first-order valence-electron chi connectivity index (χ1n) is 7.07. The maximum absolute atomic E-state index is 11.1. The zero-order chi connectivity index (χ0) is 14.8. The summed E-state index contributed by atoms with van der Waals surface area (Å²) in [4.78, 5) is 11.1. The average Bonchev–Trinajstić information content (AvgIpc) is 2.30.